The van der Waals surface area contributed by atoms with Crippen LogP contribution in [-0.4, -0.2) is 26.1 Å². The molecule has 52 valence electrons. The van der Waals surface area contributed by atoms with E-state index in [-0.39, 0.29) is 0 Å². The molecule has 0 aromatic heterocycles. The van der Waals surface area contributed by atoms with Gasteiger partial charge in [0, 0.05) is 20.1 Å². The van der Waals surface area contributed by atoms with Crippen LogP contribution in [0.3, 0.4) is 0 Å². The van der Waals surface area contributed by atoms with Gasteiger partial charge in [-0.3, -0.25) is 10.4 Å². The Morgan fingerprint density at radius 2 is 2.56 bits per heavy atom. The number of aliphatic imine (C=N–C) groups is 1. The lowest BCUT2D eigenvalue weighted by atomic mass is 10.4. The minimum absolute atomic E-state index is 0.851. The van der Waals surface area contributed by atoms with Gasteiger partial charge < -0.3 is 5.32 Å². The van der Waals surface area contributed by atoms with Gasteiger partial charge >= 0.3 is 0 Å². The molecule has 0 aromatic rings. The minimum atomic E-state index is 0.851. The van der Waals surface area contributed by atoms with Crippen LogP contribution >= 0.6 is 0 Å². The zero-order valence-corrected chi connectivity index (χ0v) is 5.57. The first-order valence-electron chi connectivity index (χ1n) is 3.14. The van der Waals surface area contributed by atoms with E-state index >= 15 is 0 Å². The van der Waals surface area contributed by atoms with Crippen molar-refractivity contribution in [2.75, 3.05) is 20.1 Å². The summed E-state index contributed by atoms with van der Waals surface area (Å²) < 4.78 is 0. The van der Waals surface area contributed by atoms with Crippen LogP contribution in [0.1, 0.15) is 6.42 Å². The predicted octanol–water partition coefficient (Wildman–Crippen LogP) is -0.940. The second-order valence-corrected chi connectivity index (χ2v) is 1.89. The second-order valence-electron chi connectivity index (χ2n) is 1.89. The Labute approximate surface area is 54.7 Å². The van der Waals surface area contributed by atoms with Gasteiger partial charge in [0.15, 0.2) is 0 Å². The first kappa shape index (κ1) is 6.35. The highest BCUT2D eigenvalue weighted by Gasteiger charge is 1.99. The lowest BCUT2D eigenvalue weighted by Gasteiger charge is -2.14. The highest BCUT2D eigenvalue weighted by atomic mass is 15.4. The number of hydrogen-bond acceptors (Lipinski definition) is 4. The molecule has 1 heterocycles. The maximum atomic E-state index is 4.15. The molecule has 0 spiro atoms. The van der Waals surface area contributed by atoms with Crippen molar-refractivity contribution in [1.82, 2.24) is 16.2 Å². The summed E-state index contributed by atoms with van der Waals surface area (Å²) in [5.41, 5.74) is 5.67. The fraction of sp³-hybridized carbons (Fsp3) is 0.800. The number of hydrazine groups is 1. The highest BCUT2D eigenvalue weighted by molar-refractivity contribution is 5.79. The third-order valence-electron chi connectivity index (χ3n) is 1.14. The zero-order chi connectivity index (χ0) is 6.53. The summed E-state index contributed by atoms with van der Waals surface area (Å²) >= 11 is 0. The van der Waals surface area contributed by atoms with E-state index in [2.05, 4.69) is 21.2 Å². The first-order valence-corrected chi connectivity index (χ1v) is 3.14. The topological polar surface area (TPSA) is 48.5 Å². The molecule has 0 saturated heterocycles. The molecule has 0 fully saturated rings. The van der Waals surface area contributed by atoms with E-state index in [0.29, 0.717) is 0 Å². The first-order chi connectivity index (χ1) is 4.43. The SMILES string of the molecule is CNNC1=NCCCN1. The standard InChI is InChI=1S/C5H12N4/c1-6-9-5-7-3-2-4-8-5/h6H,2-4H2,1H3,(H2,7,8,9). The Kier molecular flexibility index (Phi) is 2.32. The van der Waals surface area contributed by atoms with Crippen LogP contribution in [-0.2, 0) is 0 Å². The van der Waals surface area contributed by atoms with Gasteiger partial charge in [-0.25, -0.2) is 5.43 Å². The van der Waals surface area contributed by atoms with E-state index in [9.17, 15) is 0 Å². The summed E-state index contributed by atoms with van der Waals surface area (Å²) in [5.74, 6) is 0.851. The monoisotopic (exact) mass is 128 g/mol. The van der Waals surface area contributed by atoms with Crippen molar-refractivity contribution in [2.45, 2.75) is 6.42 Å². The third-order valence-corrected chi connectivity index (χ3v) is 1.14. The lowest BCUT2D eigenvalue weighted by molar-refractivity contribution is 0.666. The maximum Gasteiger partial charge on any atom is 0.205 e. The summed E-state index contributed by atoms with van der Waals surface area (Å²) in [6.45, 7) is 1.95. The largest absolute Gasteiger partial charge is 0.355 e. The molecular formula is C5H12N4. The zero-order valence-electron chi connectivity index (χ0n) is 5.57. The third kappa shape index (κ3) is 1.89. The molecule has 1 aliphatic heterocycles. The van der Waals surface area contributed by atoms with Crippen molar-refractivity contribution in [3.63, 3.8) is 0 Å². The Morgan fingerprint density at radius 3 is 3.11 bits per heavy atom. The quantitative estimate of drug-likeness (QED) is 0.399. The van der Waals surface area contributed by atoms with E-state index in [1.54, 1.807) is 0 Å². The molecule has 3 N–H and O–H groups in total. The normalized spacial score (nSPS) is 18.1. The van der Waals surface area contributed by atoms with Gasteiger partial charge in [0.05, 0.1) is 0 Å². The predicted molar refractivity (Wildman–Crippen MR) is 37.1 cm³/mol. The maximum absolute atomic E-state index is 4.15. The average Bonchev–Trinajstić information content (AvgIpc) is 1.91. The van der Waals surface area contributed by atoms with Gasteiger partial charge in [-0.2, -0.15) is 0 Å². The van der Waals surface area contributed by atoms with Crippen LogP contribution in [0, 0.1) is 0 Å². The van der Waals surface area contributed by atoms with Crippen molar-refractivity contribution < 1.29 is 0 Å². The molecule has 0 unspecified atom stereocenters. The van der Waals surface area contributed by atoms with E-state index in [1.807, 2.05) is 7.05 Å². The molecule has 9 heavy (non-hydrogen) atoms. The molecule has 1 aliphatic rings. The summed E-state index contributed by atoms with van der Waals surface area (Å²) in [6, 6.07) is 0. The van der Waals surface area contributed by atoms with E-state index < -0.39 is 0 Å². The smallest absolute Gasteiger partial charge is 0.205 e. The molecular weight excluding hydrogens is 116 g/mol. The highest BCUT2D eigenvalue weighted by Crippen LogP contribution is 1.84. The molecule has 0 atom stereocenters. The van der Waals surface area contributed by atoms with Gasteiger partial charge in [-0.05, 0) is 6.42 Å². The molecule has 1 rings (SSSR count). The van der Waals surface area contributed by atoms with Crippen molar-refractivity contribution in [2.24, 2.45) is 4.99 Å². The van der Waals surface area contributed by atoms with Crippen LogP contribution in [0.25, 0.3) is 0 Å². The molecule has 0 aliphatic carbocycles. The Hall–Kier alpha value is -0.770. The van der Waals surface area contributed by atoms with Crippen LogP contribution in [0.5, 0.6) is 0 Å². The number of nitrogens with zero attached hydrogens (tertiary/aromatic N) is 1. The molecule has 0 radical (unpaired) electrons. The lowest BCUT2D eigenvalue weighted by Crippen LogP contribution is -2.45. The van der Waals surface area contributed by atoms with Gasteiger partial charge in [-0.15, -0.1) is 0 Å². The Bertz CT molecular complexity index is 110. The second kappa shape index (κ2) is 3.29. The number of rotatable bonds is 1. The van der Waals surface area contributed by atoms with Crippen molar-refractivity contribution >= 4 is 5.96 Å². The van der Waals surface area contributed by atoms with Gasteiger partial charge in [0.2, 0.25) is 5.96 Å². The Balaban J connectivity index is 2.28. The molecule has 0 bridgehead atoms. The minimum Gasteiger partial charge on any atom is -0.355 e. The van der Waals surface area contributed by atoms with Crippen LogP contribution in [0.4, 0.5) is 0 Å². The fourth-order valence-electron chi connectivity index (χ4n) is 0.735. The molecule has 0 saturated carbocycles. The van der Waals surface area contributed by atoms with Crippen molar-refractivity contribution in [1.29, 1.82) is 0 Å². The van der Waals surface area contributed by atoms with E-state index in [0.717, 1.165) is 25.5 Å². The summed E-state index contributed by atoms with van der Waals surface area (Å²) in [6.07, 6.45) is 1.13. The molecule has 0 amide bonds. The number of hydrogen-bond donors (Lipinski definition) is 3. The average molecular weight is 128 g/mol. The van der Waals surface area contributed by atoms with Gasteiger partial charge in [-0.1, -0.05) is 0 Å². The fourth-order valence-corrected chi connectivity index (χ4v) is 0.735. The number of nitrogens with one attached hydrogen (secondary N) is 3. The van der Waals surface area contributed by atoms with Crippen LogP contribution in [0.15, 0.2) is 4.99 Å². The summed E-state index contributed by atoms with van der Waals surface area (Å²) in [5, 5.41) is 3.10. The van der Waals surface area contributed by atoms with Gasteiger partial charge in [0.25, 0.3) is 0 Å². The van der Waals surface area contributed by atoms with Gasteiger partial charge in [0.1, 0.15) is 0 Å². The van der Waals surface area contributed by atoms with E-state index in [4.69, 9.17) is 0 Å². The summed E-state index contributed by atoms with van der Waals surface area (Å²) in [4.78, 5) is 4.15. The van der Waals surface area contributed by atoms with Crippen molar-refractivity contribution in [3.05, 3.63) is 0 Å². The van der Waals surface area contributed by atoms with Crippen LogP contribution in [0.2, 0.25) is 0 Å². The van der Waals surface area contributed by atoms with E-state index in [1.165, 1.54) is 0 Å². The molecule has 4 heteroatoms. The van der Waals surface area contributed by atoms with Crippen LogP contribution < -0.4 is 16.2 Å². The number of guanidine groups is 1. The van der Waals surface area contributed by atoms with Crippen molar-refractivity contribution in [3.8, 4) is 0 Å². The molecule has 0 aromatic carbocycles. The summed E-state index contributed by atoms with van der Waals surface area (Å²) in [7, 11) is 1.82. The Morgan fingerprint density at radius 1 is 1.67 bits per heavy atom. The molecule has 4 nitrogen and oxygen atoms in total.